The van der Waals surface area contributed by atoms with Gasteiger partial charge in [0.05, 0.1) is 6.61 Å². The van der Waals surface area contributed by atoms with Crippen LogP contribution in [0.3, 0.4) is 0 Å². The summed E-state index contributed by atoms with van der Waals surface area (Å²) in [5, 5.41) is 2.95. The summed E-state index contributed by atoms with van der Waals surface area (Å²) in [5.74, 6) is 3.09. The van der Waals surface area contributed by atoms with E-state index in [2.05, 4.69) is 22.3 Å². The minimum absolute atomic E-state index is 0.120. The molecule has 1 N–H and O–H groups in total. The number of hydrogen-bond acceptors (Lipinski definition) is 4. The molecule has 1 aliphatic heterocycles. The fourth-order valence-electron chi connectivity index (χ4n) is 2.96. The van der Waals surface area contributed by atoms with E-state index in [1.54, 1.807) is 12.1 Å². The van der Waals surface area contributed by atoms with Crippen molar-refractivity contribution in [2.75, 3.05) is 43.1 Å². The second-order valence-electron chi connectivity index (χ2n) is 6.32. The van der Waals surface area contributed by atoms with Crippen LogP contribution in [0.5, 0.6) is 5.75 Å². The van der Waals surface area contributed by atoms with Crippen LogP contribution in [0.15, 0.2) is 48.5 Å². The maximum atomic E-state index is 12.4. The van der Waals surface area contributed by atoms with Gasteiger partial charge in [0.2, 0.25) is 0 Å². The molecule has 5 heteroatoms. The zero-order valence-corrected chi connectivity index (χ0v) is 16.1. The highest BCUT2D eigenvalue weighted by atomic mass is 32.2. The second kappa shape index (κ2) is 9.64. The fraction of sp³-hybridized carbons (Fsp3) is 0.381. The van der Waals surface area contributed by atoms with Gasteiger partial charge in [-0.2, -0.15) is 11.8 Å². The molecule has 0 radical (unpaired) electrons. The van der Waals surface area contributed by atoms with Gasteiger partial charge in [0.25, 0.3) is 5.91 Å². The van der Waals surface area contributed by atoms with Crippen molar-refractivity contribution in [3.63, 3.8) is 0 Å². The van der Waals surface area contributed by atoms with Crippen LogP contribution in [0.1, 0.15) is 22.8 Å². The Labute approximate surface area is 159 Å². The molecule has 0 spiro atoms. The van der Waals surface area contributed by atoms with Gasteiger partial charge in [-0.3, -0.25) is 4.79 Å². The molecule has 0 atom stereocenters. The molecule has 138 valence electrons. The SMILES string of the molecule is CCOc1cccc(C(=O)Nc2ccc(CCN3CCSCC3)cc2)c1. The van der Waals surface area contributed by atoms with Crippen molar-refractivity contribution in [1.82, 2.24) is 4.90 Å². The van der Waals surface area contributed by atoms with E-state index in [9.17, 15) is 4.79 Å². The van der Waals surface area contributed by atoms with E-state index in [1.807, 2.05) is 43.0 Å². The van der Waals surface area contributed by atoms with Crippen molar-refractivity contribution in [3.8, 4) is 5.75 Å². The van der Waals surface area contributed by atoms with Gasteiger partial charge in [-0.1, -0.05) is 18.2 Å². The lowest BCUT2D eigenvalue weighted by atomic mass is 10.1. The first-order valence-corrected chi connectivity index (χ1v) is 10.3. The lowest BCUT2D eigenvalue weighted by Gasteiger charge is -2.26. The van der Waals surface area contributed by atoms with Crippen molar-refractivity contribution < 1.29 is 9.53 Å². The van der Waals surface area contributed by atoms with Gasteiger partial charge in [0, 0.05) is 42.4 Å². The molecule has 1 fully saturated rings. The summed E-state index contributed by atoms with van der Waals surface area (Å²) in [5.41, 5.74) is 2.72. The maximum absolute atomic E-state index is 12.4. The highest BCUT2D eigenvalue weighted by Crippen LogP contribution is 2.17. The van der Waals surface area contributed by atoms with Crippen LogP contribution in [-0.2, 0) is 6.42 Å². The van der Waals surface area contributed by atoms with E-state index in [0.717, 1.165) is 18.7 Å². The standard InChI is InChI=1S/C21H26N2O2S/c1-2-25-20-5-3-4-18(16-20)21(24)22-19-8-6-17(7-9-19)10-11-23-12-14-26-15-13-23/h3-9,16H,2,10-15H2,1H3,(H,22,24). The van der Waals surface area contributed by atoms with Gasteiger partial charge < -0.3 is 15.0 Å². The molecule has 0 aromatic heterocycles. The van der Waals surface area contributed by atoms with Crippen molar-refractivity contribution in [1.29, 1.82) is 0 Å². The third-order valence-corrected chi connectivity index (χ3v) is 5.38. The van der Waals surface area contributed by atoms with Crippen molar-refractivity contribution in [3.05, 3.63) is 59.7 Å². The van der Waals surface area contributed by atoms with Crippen molar-refractivity contribution in [2.24, 2.45) is 0 Å². The van der Waals surface area contributed by atoms with Gasteiger partial charge in [0.15, 0.2) is 0 Å². The average molecular weight is 371 g/mol. The summed E-state index contributed by atoms with van der Waals surface area (Å²) < 4.78 is 5.45. The number of nitrogens with zero attached hydrogens (tertiary/aromatic N) is 1. The molecule has 0 unspecified atom stereocenters. The van der Waals surface area contributed by atoms with Gasteiger partial charge in [-0.05, 0) is 49.2 Å². The molecule has 1 aliphatic rings. The minimum Gasteiger partial charge on any atom is -0.494 e. The molecule has 1 heterocycles. The summed E-state index contributed by atoms with van der Waals surface area (Å²) in [7, 11) is 0. The molecule has 4 nitrogen and oxygen atoms in total. The number of benzene rings is 2. The zero-order chi connectivity index (χ0) is 18.2. The Balaban J connectivity index is 1.53. The molecule has 3 rings (SSSR count). The quantitative estimate of drug-likeness (QED) is 0.802. The smallest absolute Gasteiger partial charge is 0.255 e. The molecular weight excluding hydrogens is 344 g/mol. The van der Waals surface area contributed by atoms with Crippen LogP contribution in [0.4, 0.5) is 5.69 Å². The number of carbonyl (C=O) groups excluding carboxylic acids is 1. The first-order chi connectivity index (χ1) is 12.7. The molecule has 0 bridgehead atoms. The number of amides is 1. The minimum atomic E-state index is -0.120. The van der Waals surface area contributed by atoms with Crippen LogP contribution in [0.2, 0.25) is 0 Å². The number of hydrogen-bond donors (Lipinski definition) is 1. The molecule has 2 aromatic carbocycles. The van der Waals surface area contributed by atoms with Crippen LogP contribution < -0.4 is 10.1 Å². The molecule has 26 heavy (non-hydrogen) atoms. The molecule has 0 aliphatic carbocycles. The van der Waals surface area contributed by atoms with Gasteiger partial charge in [-0.15, -0.1) is 0 Å². The Morgan fingerprint density at radius 3 is 2.65 bits per heavy atom. The highest BCUT2D eigenvalue weighted by Gasteiger charge is 2.10. The Hall–Kier alpha value is -1.98. The number of thioether (sulfide) groups is 1. The van der Waals surface area contributed by atoms with E-state index in [0.29, 0.717) is 17.9 Å². The molecule has 0 saturated carbocycles. The predicted octanol–water partition coefficient (Wildman–Crippen LogP) is 3.93. The lowest BCUT2D eigenvalue weighted by molar-refractivity contribution is 0.102. The predicted molar refractivity (Wildman–Crippen MR) is 109 cm³/mol. The molecule has 1 amide bonds. The number of carbonyl (C=O) groups is 1. The number of rotatable bonds is 7. The normalized spacial score (nSPS) is 14.8. The molecular formula is C21H26N2O2S. The Kier molecular flexibility index (Phi) is 6.97. The number of ether oxygens (including phenoxy) is 1. The summed E-state index contributed by atoms with van der Waals surface area (Å²) in [6.07, 6.45) is 1.05. The Morgan fingerprint density at radius 2 is 1.92 bits per heavy atom. The number of nitrogens with one attached hydrogen (secondary N) is 1. The van der Waals surface area contributed by atoms with Gasteiger partial charge in [0.1, 0.15) is 5.75 Å². The zero-order valence-electron chi connectivity index (χ0n) is 15.2. The largest absolute Gasteiger partial charge is 0.494 e. The summed E-state index contributed by atoms with van der Waals surface area (Å²) >= 11 is 2.04. The number of anilines is 1. The Bertz CT molecular complexity index is 712. The second-order valence-corrected chi connectivity index (χ2v) is 7.54. The van der Waals surface area contributed by atoms with Crippen LogP contribution >= 0.6 is 11.8 Å². The monoisotopic (exact) mass is 370 g/mol. The van der Waals surface area contributed by atoms with Crippen LogP contribution in [0, 0.1) is 0 Å². The van der Waals surface area contributed by atoms with E-state index in [4.69, 9.17) is 4.74 Å². The van der Waals surface area contributed by atoms with Crippen LogP contribution in [-0.4, -0.2) is 48.6 Å². The van der Waals surface area contributed by atoms with E-state index in [-0.39, 0.29) is 5.91 Å². The molecule has 2 aromatic rings. The van der Waals surface area contributed by atoms with E-state index < -0.39 is 0 Å². The summed E-state index contributed by atoms with van der Waals surface area (Å²) in [6.45, 7) is 6.01. The van der Waals surface area contributed by atoms with Crippen LogP contribution in [0.25, 0.3) is 0 Å². The lowest BCUT2D eigenvalue weighted by Crippen LogP contribution is -2.34. The van der Waals surface area contributed by atoms with Gasteiger partial charge >= 0.3 is 0 Å². The van der Waals surface area contributed by atoms with Crippen molar-refractivity contribution >= 4 is 23.4 Å². The summed E-state index contributed by atoms with van der Waals surface area (Å²) in [6, 6.07) is 15.4. The first kappa shape index (κ1) is 18.8. The van der Waals surface area contributed by atoms with E-state index >= 15 is 0 Å². The first-order valence-electron chi connectivity index (χ1n) is 9.18. The maximum Gasteiger partial charge on any atom is 0.255 e. The fourth-order valence-corrected chi connectivity index (χ4v) is 3.94. The third-order valence-electron chi connectivity index (χ3n) is 4.44. The Morgan fingerprint density at radius 1 is 1.15 bits per heavy atom. The average Bonchev–Trinajstić information content (AvgIpc) is 2.69. The topological polar surface area (TPSA) is 41.6 Å². The summed E-state index contributed by atoms with van der Waals surface area (Å²) in [4.78, 5) is 14.9. The van der Waals surface area contributed by atoms with E-state index in [1.165, 1.54) is 30.2 Å². The third kappa shape index (κ3) is 5.51. The van der Waals surface area contributed by atoms with Gasteiger partial charge in [-0.25, -0.2) is 0 Å². The van der Waals surface area contributed by atoms with Crippen molar-refractivity contribution in [2.45, 2.75) is 13.3 Å². The molecule has 1 saturated heterocycles. The highest BCUT2D eigenvalue weighted by molar-refractivity contribution is 7.99.